The van der Waals surface area contributed by atoms with E-state index in [-0.39, 0.29) is 17.6 Å². The minimum absolute atomic E-state index is 0.0336. The van der Waals surface area contributed by atoms with E-state index in [1.807, 2.05) is 24.1 Å². The summed E-state index contributed by atoms with van der Waals surface area (Å²) in [6.07, 6.45) is 3.15. The number of ether oxygens (including phenoxy) is 1. The molecular formula is C18H23N5O3. The largest absolute Gasteiger partial charge is 0.368 e. The number of pyridine rings is 1. The second kappa shape index (κ2) is 8.20. The minimum Gasteiger partial charge on any atom is -0.368 e. The van der Waals surface area contributed by atoms with Gasteiger partial charge in [0.05, 0.1) is 25.4 Å². The Kier molecular flexibility index (Phi) is 5.75. The number of aromatic nitrogens is 3. The normalized spacial score (nSPS) is 17.5. The Hall–Kier alpha value is -2.58. The zero-order chi connectivity index (χ0) is 18.5. The smallest absolute Gasteiger partial charge is 0.251 e. The van der Waals surface area contributed by atoms with E-state index in [0.29, 0.717) is 44.3 Å². The molecule has 1 amide bonds. The van der Waals surface area contributed by atoms with Crippen LogP contribution < -0.4 is 5.56 Å². The number of amides is 1. The molecule has 2 aromatic rings. The number of H-pyrrole nitrogens is 1. The van der Waals surface area contributed by atoms with E-state index in [1.54, 1.807) is 24.2 Å². The summed E-state index contributed by atoms with van der Waals surface area (Å²) in [7, 11) is 1.91. The van der Waals surface area contributed by atoms with E-state index in [0.717, 1.165) is 5.56 Å². The predicted octanol–water partition coefficient (Wildman–Crippen LogP) is 0.505. The van der Waals surface area contributed by atoms with E-state index in [4.69, 9.17) is 4.74 Å². The molecule has 26 heavy (non-hydrogen) atoms. The predicted molar refractivity (Wildman–Crippen MR) is 95.4 cm³/mol. The fourth-order valence-corrected chi connectivity index (χ4v) is 3.01. The van der Waals surface area contributed by atoms with Gasteiger partial charge in [0, 0.05) is 31.5 Å². The zero-order valence-electron chi connectivity index (χ0n) is 15.0. The number of rotatable bonds is 5. The van der Waals surface area contributed by atoms with Crippen LogP contribution in [0.15, 0.2) is 35.4 Å². The van der Waals surface area contributed by atoms with Gasteiger partial charge in [-0.1, -0.05) is 6.07 Å². The second-order valence-electron chi connectivity index (χ2n) is 6.49. The molecule has 0 aliphatic carbocycles. The van der Waals surface area contributed by atoms with Crippen LogP contribution in [0.3, 0.4) is 0 Å². The molecule has 0 saturated carbocycles. The average Bonchev–Trinajstić information content (AvgIpc) is 2.61. The van der Waals surface area contributed by atoms with Gasteiger partial charge in [0.2, 0.25) is 5.91 Å². The summed E-state index contributed by atoms with van der Waals surface area (Å²) in [6.45, 7) is 4.06. The van der Waals surface area contributed by atoms with E-state index in [1.165, 1.54) is 6.07 Å². The molecule has 138 valence electrons. The molecule has 3 rings (SSSR count). The van der Waals surface area contributed by atoms with Crippen molar-refractivity contribution in [3.8, 4) is 0 Å². The highest BCUT2D eigenvalue weighted by molar-refractivity contribution is 5.78. The Morgan fingerprint density at radius 3 is 3.08 bits per heavy atom. The molecule has 8 heteroatoms. The Morgan fingerprint density at radius 2 is 2.35 bits per heavy atom. The van der Waals surface area contributed by atoms with E-state index in [2.05, 4.69) is 15.0 Å². The lowest BCUT2D eigenvalue weighted by atomic mass is 10.2. The Bertz CT molecular complexity index is 808. The maximum absolute atomic E-state index is 12.6. The lowest BCUT2D eigenvalue weighted by molar-refractivity contribution is -0.140. The summed E-state index contributed by atoms with van der Waals surface area (Å²) in [5.41, 5.74) is 1.41. The number of likely N-dealkylation sites (N-methyl/N-ethyl adjacent to an activating group) is 1. The Balaban J connectivity index is 1.60. The summed E-state index contributed by atoms with van der Waals surface area (Å²) in [6, 6.07) is 5.30. The number of nitrogens with one attached hydrogen (secondary N) is 1. The number of aryl methyl sites for hydroxylation is 1. The summed E-state index contributed by atoms with van der Waals surface area (Å²) < 4.78 is 5.72. The lowest BCUT2D eigenvalue weighted by Crippen LogP contribution is -2.46. The topological polar surface area (TPSA) is 91.4 Å². The molecule has 1 aliphatic heterocycles. The number of carbonyl (C=O) groups excluding carboxylic acids is 1. The Morgan fingerprint density at radius 1 is 1.50 bits per heavy atom. The van der Waals surface area contributed by atoms with Crippen LogP contribution in [0.25, 0.3) is 0 Å². The van der Waals surface area contributed by atoms with Crippen molar-refractivity contribution in [3.63, 3.8) is 0 Å². The van der Waals surface area contributed by atoms with Gasteiger partial charge >= 0.3 is 0 Å². The third kappa shape index (κ3) is 4.74. The first-order valence-electron chi connectivity index (χ1n) is 8.56. The molecule has 0 spiro atoms. The highest BCUT2D eigenvalue weighted by Crippen LogP contribution is 2.20. The van der Waals surface area contributed by atoms with Crippen LogP contribution in [-0.2, 0) is 16.1 Å². The molecule has 1 N–H and O–H groups in total. The van der Waals surface area contributed by atoms with Crippen molar-refractivity contribution in [1.29, 1.82) is 0 Å². The van der Waals surface area contributed by atoms with Crippen molar-refractivity contribution < 1.29 is 9.53 Å². The Labute approximate surface area is 151 Å². The van der Waals surface area contributed by atoms with Gasteiger partial charge in [-0.3, -0.25) is 19.5 Å². The highest BCUT2D eigenvalue weighted by Gasteiger charge is 2.27. The van der Waals surface area contributed by atoms with Crippen LogP contribution in [0.1, 0.15) is 23.2 Å². The minimum atomic E-state index is -0.377. The third-order valence-corrected chi connectivity index (χ3v) is 4.21. The fraction of sp³-hybridized carbons (Fsp3) is 0.444. The first-order chi connectivity index (χ1) is 12.5. The molecule has 0 radical (unpaired) electrons. The third-order valence-electron chi connectivity index (χ3n) is 4.21. The molecule has 1 unspecified atom stereocenters. The van der Waals surface area contributed by atoms with Gasteiger partial charge < -0.3 is 14.6 Å². The summed E-state index contributed by atoms with van der Waals surface area (Å²) in [4.78, 5) is 39.0. The van der Waals surface area contributed by atoms with Crippen LogP contribution >= 0.6 is 0 Å². The monoisotopic (exact) mass is 357 g/mol. The molecular weight excluding hydrogens is 334 g/mol. The molecule has 8 nitrogen and oxygen atoms in total. The van der Waals surface area contributed by atoms with Crippen molar-refractivity contribution in [3.05, 3.63) is 58.0 Å². The van der Waals surface area contributed by atoms with Crippen LogP contribution in [0, 0.1) is 6.92 Å². The van der Waals surface area contributed by atoms with Crippen molar-refractivity contribution in [2.24, 2.45) is 0 Å². The first kappa shape index (κ1) is 18.2. The molecule has 2 aromatic heterocycles. The highest BCUT2D eigenvalue weighted by atomic mass is 16.5. The van der Waals surface area contributed by atoms with Crippen molar-refractivity contribution in [2.75, 3.05) is 33.3 Å². The van der Waals surface area contributed by atoms with E-state index in [9.17, 15) is 9.59 Å². The molecule has 0 bridgehead atoms. The first-order valence-corrected chi connectivity index (χ1v) is 8.56. The van der Waals surface area contributed by atoms with Crippen molar-refractivity contribution in [2.45, 2.75) is 19.6 Å². The number of carbonyl (C=O) groups is 1. The number of nitrogens with zero attached hydrogens (tertiary/aromatic N) is 4. The average molecular weight is 357 g/mol. The molecule has 1 saturated heterocycles. The van der Waals surface area contributed by atoms with Crippen LogP contribution in [0.4, 0.5) is 0 Å². The number of aromatic amines is 1. The van der Waals surface area contributed by atoms with Crippen molar-refractivity contribution in [1.82, 2.24) is 24.8 Å². The van der Waals surface area contributed by atoms with Crippen molar-refractivity contribution >= 4 is 5.91 Å². The molecule has 0 aromatic carbocycles. The number of hydrogen-bond donors (Lipinski definition) is 1. The summed E-state index contributed by atoms with van der Waals surface area (Å²) in [5.74, 6) is 0.571. The van der Waals surface area contributed by atoms with Crippen LogP contribution in [0.2, 0.25) is 0 Å². The molecule has 1 aliphatic rings. The quantitative estimate of drug-likeness (QED) is 0.838. The summed E-state index contributed by atoms with van der Waals surface area (Å²) >= 11 is 0. The number of morpholine rings is 1. The van der Waals surface area contributed by atoms with Crippen LogP contribution in [0.5, 0.6) is 0 Å². The summed E-state index contributed by atoms with van der Waals surface area (Å²) in [5, 5.41) is 0. The zero-order valence-corrected chi connectivity index (χ0v) is 15.0. The van der Waals surface area contributed by atoms with E-state index < -0.39 is 0 Å². The van der Waals surface area contributed by atoms with Gasteiger partial charge in [-0.2, -0.15) is 0 Å². The maximum Gasteiger partial charge on any atom is 0.251 e. The maximum atomic E-state index is 12.6. The van der Waals surface area contributed by atoms with Crippen LogP contribution in [-0.4, -0.2) is 63.9 Å². The molecule has 1 fully saturated rings. The second-order valence-corrected chi connectivity index (χ2v) is 6.49. The van der Waals surface area contributed by atoms with Gasteiger partial charge in [-0.15, -0.1) is 0 Å². The van der Waals surface area contributed by atoms with Gasteiger partial charge in [0.15, 0.2) is 0 Å². The van der Waals surface area contributed by atoms with Gasteiger partial charge in [0.25, 0.3) is 5.56 Å². The standard InChI is InChI=1S/C18H23N5O3/c1-13-20-15(8-17(24)21-13)16-11-23(6-7-26-16)18(25)12-22(2)10-14-4-3-5-19-9-14/h3-5,8-9,16H,6-7,10-12H2,1-2H3,(H,20,21,24). The van der Waals surface area contributed by atoms with Gasteiger partial charge in [-0.05, 0) is 25.6 Å². The van der Waals surface area contributed by atoms with Gasteiger partial charge in [0.1, 0.15) is 11.9 Å². The number of hydrogen-bond acceptors (Lipinski definition) is 6. The van der Waals surface area contributed by atoms with E-state index >= 15 is 0 Å². The van der Waals surface area contributed by atoms with Gasteiger partial charge in [-0.25, -0.2) is 4.98 Å². The fourth-order valence-electron chi connectivity index (χ4n) is 3.01. The SMILES string of the molecule is Cc1nc(C2CN(C(=O)CN(C)Cc3cccnc3)CCO2)cc(=O)[nH]1. The lowest BCUT2D eigenvalue weighted by Gasteiger charge is -2.33. The molecule has 1 atom stereocenters. The molecule has 3 heterocycles.